The van der Waals surface area contributed by atoms with Crippen molar-refractivity contribution in [3.05, 3.63) is 24.3 Å². The topological polar surface area (TPSA) is 29.0 Å². The molecule has 0 atom stereocenters. The van der Waals surface area contributed by atoms with E-state index in [4.69, 9.17) is 0 Å². The summed E-state index contributed by atoms with van der Waals surface area (Å²) in [5, 5.41) is 1.05. The van der Waals surface area contributed by atoms with Crippen LogP contribution in [0.1, 0.15) is 26.1 Å². The predicted molar refractivity (Wildman–Crippen MR) is 66.0 cm³/mol. The summed E-state index contributed by atoms with van der Waals surface area (Å²) < 4.78 is 0. The highest BCUT2D eigenvalue weighted by Crippen LogP contribution is 2.05. The summed E-state index contributed by atoms with van der Waals surface area (Å²) in [6, 6.07) is 2.38. The number of halogens is 1. The van der Waals surface area contributed by atoms with Crippen LogP contribution in [0.2, 0.25) is 0 Å². The predicted octanol–water partition coefficient (Wildman–Crippen LogP) is 2.47. The maximum atomic E-state index is 4.24. The summed E-state index contributed by atoms with van der Waals surface area (Å²) in [4.78, 5) is 10.9. The average molecular weight is 272 g/mol. The van der Waals surface area contributed by atoms with Gasteiger partial charge in [-0.05, 0) is 32.9 Å². The highest BCUT2D eigenvalue weighted by molar-refractivity contribution is 9.09. The first kappa shape index (κ1) is 12.6. The SMILES string of the molecule is CC(C)N(CCCBr)Cc1ncccn1. The Hall–Kier alpha value is -0.480. The molecule has 0 aliphatic rings. The molecule has 0 spiro atoms. The van der Waals surface area contributed by atoms with Crippen LogP contribution in [-0.4, -0.2) is 32.8 Å². The standard InChI is InChI=1S/C11H18BrN3/c1-10(2)15(8-3-5-12)9-11-13-6-4-7-14-11/h4,6-7,10H,3,5,8-9H2,1-2H3. The number of nitrogens with zero attached hydrogens (tertiary/aromatic N) is 3. The molecule has 0 aromatic carbocycles. The Balaban J connectivity index is 2.51. The minimum Gasteiger partial charge on any atom is -0.293 e. The lowest BCUT2D eigenvalue weighted by atomic mass is 10.3. The average Bonchev–Trinajstić information content (AvgIpc) is 2.25. The van der Waals surface area contributed by atoms with Crippen LogP contribution in [0.25, 0.3) is 0 Å². The van der Waals surface area contributed by atoms with Crippen LogP contribution in [0, 0.1) is 0 Å². The van der Waals surface area contributed by atoms with E-state index in [2.05, 4.69) is 44.6 Å². The molecule has 84 valence electrons. The minimum absolute atomic E-state index is 0.535. The molecule has 0 aliphatic carbocycles. The van der Waals surface area contributed by atoms with E-state index in [1.54, 1.807) is 12.4 Å². The van der Waals surface area contributed by atoms with Crippen LogP contribution in [0.3, 0.4) is 0 Å². The first-order valence-corrected chi connectivity index (χ1v) is 6.42. The van der Waals surface area contributed by atoms with Crippen molar-refractivity contribution >= 4 is 15.9 Å². The van der Waals surface area contributed by atoms with Gasteiger partial charge in [0, 0.05) is 23.8 Å². The van der Waals surface area contributed by atoms with E-state index in [0.717, 1.165) is 30.7 Å². The van der Waals surface area contributed by atoms with Crippen molar-refractivity contribution in [1.82, 2.24) is 14.9 Å². The van der Waals surface area contributed by atoms with Crippen molar-refractivity contribution in [2.75, 3.05) is 11.9 Å². The maximum absolute atomic E-state index is 4.24. The molecular weight excluding hydrogens is 254 g/mol. The zero-order valence-electron chi connectivity index (χ0n) is 9.36. The van der Waals surface area contributed by atoms with E-state index in [0.29, 0.717) is 6.04 Å². The molecule has 0 saturated heterocycles. The third-order valence-corrected chi connectivity index (χ3v) is 2.83. The third-order valence-electron chi connectivity index (χ3n) is 2.27. The summed E-state index contributed by atoms with van der Waals surface area (Å²) in [5.74, 6) is 0.903. The quantitative estimate of drug-likeness (QED) is 0.745. The Morgan fingerprint density at radius 2 is 2.00 bits per heavy atom. The van der Waals surface area contributed by atoms with Gasteiger partial charge in [0.05, 0.1) is 6.54 Å². The molecule has 0 unspecified atom stereocenters. The molecule has 4 heteroatoms. The maximum Gasteiger partial charge on any atom is 0.142 e. The van der Waals surface area contributed by atoms with E-state index in [9.17, 15) is 0 Å². The van der Waals surface area contributed by atoms with E-state index >= 15 is 0 Å². The number of alkyl halides is 1. The first-order chi connectivity index (χ1) is 7.24. The van der Waals surface area contributed by atoms with E-state index in [1.165, 1.54) is 0 Å². The van der Waals surface area contributed by atoms with Crippen LogP contribution in [0.5, 0.6) is 0 Å². The second-order valence-electron chi connectivity index (χ2n) is 3.77. The van der Waals surface area contributed by atoms with E-state index in [-0.39, 0.29) is 0 Å². The number of hydrogen-bond acceptors (Lipinski definition) is 3. The highest BCUT2D eigenvalue weighted by Gasteiger charge is 2.10. The summed E-state index contributed by atoms with van der Waals surface area (Å²) >= 11 is 3.45. The Morgan fingerprint density at radius 3 is 2.53 bits per heavy atom. The van der Waals surface area contributed by atoms with Gasteiger partial charge in [0.15, 0.2) is 0 Å². The Bertz CT molecular complexity index is 264. The Morgan fingerprint density at radius 1 is 1.33 bits per heavy atom. The van der Waals surface area contributed by atoms with Crippen LogP contribution in [-0.2, 0) is 6.54 Å². The number of hydrogen-bond donors (Lipinski definition) is 0. The molecule has 0 fully saturated rings. The molecular formula is C11H18BrN3. The van der Waals surface area contributed by atoms with Crippen molar-refractivity contribution in [3.8, 4) is 0 Å². The Kier molecular flexibility index (Phi) is 5.79. The van der Waals surface area contributed by atoms with Gasteiger partial charge in [-0.15, -0.1) is 0 Å². The zero-order valence-corrected chi connectivity index (χ0v) is 10.9. The van der Waals surface area contributed by atoms with Crippen LogP contribution in [0.15, 0.2) is 18.5 Å². The summed E-state index contributed by atoms with van der Waals surface area (Å²) in [6.45, 7) is 6.33. The first-order valence-electron chi connectivity index (χ1n) is 5.30. The fourth-order valence-electron chi connectivity index (χ4n) is 1.38. The second kappa shape index (κ2) is 6.90. The fraction of sp³-hybridized carbons (Fsp3) is 0.636. The third kappa shape index (κ3) is 4.71. The lowest BCUT2D eigenvalue weighted by molar-refractivity contribution is 0.209. The molecule has 1 aromatic rings. The van der Waals surface area contributed by atoms with Crippen molar-refractivity contribution < 1.29 is 0 Å². The monoisotopic (exact) mass is 271 g/mol. The second-order valence-corrected chi connectivity index (χ2v) is 4.56. The summed E-state index contributed by atoms with van der Waals surface area (Å²) in [6.07, 6.45) is 4.75. The van der Waals surface area contributed by atoms with Crippen molar-refractivity contribution in [3.63, 3.8) is 0 Å². The van der Waals surface area contributed by atoms with Crippen molar-refractivity contribution in [1.29, 1.82) is 0 Å². The largest absolute Gasteiger partial charge is 0.293 e. The number of rotatable bonds is 6. The van der Waals surface area contributed by atoms with Gasteiger partial charge in [-0.3, -0.25) is 4.90 Å². The molecule has 0 saturated carbocycles. The van der Waals surface area contributed by atoms with E-state index < -0.39 is 0 Å². The van der Waals surface area contributed by atoms with Crippen molar-refractivity contribution in [2.24, 2.45) is 0 Å². The van der Waals surface area contributed by atoms with Gasteiger partial charge in [-0.25, -0.2) is 9.97 Å². The van der Waals surface area contributed by atoms with Crippen LogP contribution >= 0.6 is 15.9 Å². The van der Waals surface area contributed by atoms with Gasteiger partial charge in [0.2, 0.25) is 0 Å². The fourth-order valence-corrected chi connectivity index (χ4v) is 1.63. The summed E-state index contributed by atoms with van der Waals surface area (Å²) in [7, 11) is 0. The zero-order chi connectivity index (χ0) is 11.1. The van der Waals surface area contributed by atoms with Gasteiger partial charge in [0.1, 0.15) is 5.82 Å². The molecule has 15 heavy (non-hydrogen) atoms. The smallest absolute Gasteiger partial charge is 0.142 e. The van der Waals surface area contributed by atoms with Gasteiger partial charge in [0.25, 0.3) is 0 Å². The van der Waals surface area contributed by atoms with Gasteiger partial charge in [-0.2, -0.15) is 0 Å². The molecule has 1 aromatic heterocycles. The number of aromatic nitrogens is 2. The molecule has 0 radical (unpaired) electrons. The van der Waals surface area contributed by atoms with Crippen molar-refractivity contribution in [2.45, 2.75) is 32.9 Å². The highest BCUT2D eigenvalue weighted by atomic mass is 79.9. The molecule has 0 N–H and O–H groups in total. The van der Waals surface area contributed by atoms with Gasteiger partial charge in [-0.1, -0.05) is 15.9 Å². The molecule has 0 aliphatic heterocycles. The molecule has 3 nitrogen and oxygen atoms in total. The Labute approximate surface area is 100 Å². The molecule has 0 amide bonds. The molecule has 1 rings (SSSR count). The normalized spacial score (nSPS) is 11.3. The lowest BCUT2D eigenvalue weighted by Gasteiger charge is -2.25. The van der Waals surface area contributed by atoms with E-state index in [1.807, 2.05) is 6.07 Å². The van der Waals surface area contributed by atoms with Gasteiger partial charge < -0.3 is 0 Å². The van der Waals surface area contributed by atoms with Crippen LogP contribution in [0.4, 0.5) is 0 Å². The van der Waals surface area contributed by atoms with Crippen LogP contribution < -0.4 is 0 Å². The minimum atomic E-state index is 0.535. The molecule has 1 heterocycles. The molecule has 0 bridgehead atoms. The summed E-state index contributed by atoms with van der Waals surface area (Å²) in [5.41, 5.74) is 0. The van der Waals surface area contributed by atoms with Gasteiger partial charge >= 0.3 is 0 Å². The lowest BCUT2D eigenvalue weighted by Crippen LogP contribution is -2.32.